The number of aryl methyl sites for hydroxylation is 1. The molecule has 23 heavy (non-hydrogen) atoms. The van der Waals surface area contributed by atoms with Gasteiger partial charge in [0.05, 0.1) is 13.7 Å². The molecule has 0 aliphatic heterocycles. The number of rotatable bonds is 6. The molecular formula is C18H22N2O2S. The molecule has 0 amide bonds. The number of methoxy groups -OCH3 is 1. The summed E-state index contributed by atoms with van der Waals surface area (Å²) in [6, 6.07) is 15.7. The van der Waals surface area contributed by atoms with Gasteiger partial charge in [-0.15, -0.1) is 0 Å². The molecule has 0 unspecified atom stereocenters. The molecule has 0 radical (unpaired) electrons. The van der Waals surface area contributed by atoms with Crippen molar-refractivity contribution in [3.05, 3.63) is 54.1 Å². The number of ether oxygens (including phenoxy) is 2. The highest BCUT2D eigenvalue weighted by Gasteiger charge is 2.05. The summed E-state index contributed by atoms with van der Waals surface area (Å²) in [5.74, 6) is 1.63. The predicted molar refractivity (Wildman–Crippen MR) is 98.5 cm³/mol. The van der Waals surface area contributed by atoms with Gasteiger partial charge >= 0.3 is 0 Å². The van der Waals surface area contributed by atoms with E-state index in [9.17, 15) is 0 Å². The quantitative estimate of drug-likeness (QED) is 0.817. The van der Waals surface area contributed by atoms with E-state index in [1.54, 1.807) is 7.11 Å². The van der Waals surface area contributed by atoms with Crippen LogP contribution in [-0.2, 0) is 0 Å². The first-order valence-corrected chi connectivity index (χ1v) is 7.85. The zero-order valence-electron chi connectivity index (χ0n) is 13.7. The van der Waals surface area contributed by atoms with Gasteiger partial charge < -0.3 is 19.7 Å². The Hall–Kier alpha value is -2.27. The van der Waals surface area contributed by atoms with Crippen molar-refractivity contribution >= 4 is 23.0 Å². The highest BCUT2D eigenvalue weighted by molar-refractivity contribution is 7.80. The Balaban J connectivity index is 1.77. The lowest BCUT2D eigenvalue weighted by molar-refractivity contribution is 0.285. The third-order valence-electron chi connectivity index (χ3n) is 3.37. The molecular weight excluding hydrogens is 308 g/mol. The van der Waals surface area contributed by atoms with Crippen LogP contribution in [0.25, 0.3) is 0 Å². The number of benzene rings is 2. The molecule has 0 aromatic heterocycles. The maximum absolute atomic E-state index is 5.71. The van der Waals surface area contributed by atoms with Crippen molar-refractivity contribution in [1.29, 1.82) is 0 Å². The van der Waals surface area contributed by atoms with Gasteiger partial charge in [0.2, 0.25) is 0 Å². The zero-order valence-corrected chi connectivity index (χ0v) is 14.5. The Morgan fingerprint density at radius 2 is 1.83 bits per heavy atom. The number of nitrogens with zero attached hydrogens (tertiary/aromatic N) is 1. The van der Waals surface area contributed by atoms with Crippen molar-refractivity contribution in [2.75, 3.05) is 32.6 Å². The van der Waals surface area contributed by atoms with E-state index in [0.717, 1.165) is 17.2 Å². The number of hydrogen-bond acceptors (Lipinski definition) is 3. The molecule has 0 atom stereocenters. The number of hydrogen-bond donors (Lipinski definition) is 1. The summed E-state index contributed by atoms with van der Waals surface area (Å²) >= 11 is 5.41. The molecule has 0 aliphatic carbocycles. The number of anilines is 1. The third-order valence-corrected chi connectivity index (χ3v) is 3.78. The molecule has 0 aliphatic rings. The first-order valence-electron chi connectivity index (χ1n) is 7.44. The van der Waals surface area contributed by atoms with Crippen LogP contribution in [-0.4, -0.2) is 37.3 Å². The summed E-state index contributed by atoms with van der Waals surface area (Å²) in [6.07, 6.45) is 0. The highest BCUT2D eigenvalue weighted by atomic mass is 32.1. The first kappa shape index (κ1) is 17.1. The van der Waals surface area contributed by atoms with Gasteiger partial charge in [-0.3, -0.25) is 0 Å². The molecule has 0 fully saturated rings. The average Bonchev–Trinajstić information content (AvgIpc) is 2.55. The summed E-state index contributed by atoms with van der Waals surface area (Å²) in [5, 5.41) is 3.91. The number of nitrogens with one attached hydrogen (secondary N) is 1. The van der Waals surface area contributed by atoms with Gasteiger partial charge in [-0.25, -0.2) is 0 Å². The first-order chi connectivity index (χ1) is 11.1. The molecule has 0 bridgehead atoms. The smallest absolute Gasteiger partial charge is 0.173 e. The third kappa shape index (κ3) is 5.45. The molecule has 0 saturated carbocycles. The van der Waals surface area contributed by atoms with Gasteiger partial charge in [-0.05, 0) is 61.1 Å². The minimum atomic E-state index is 0.554. The largest absolute Gasteiger partial charge is 0.497 e. The molecule has 5 heteroatoms. The van der Waals surface area contributed by atoms with Gasteiger partial charge in [-0.1, -0.05) is 12.1 Å². The zero-order chi connectivity index (χ0) is 16.7. The fourth-order valence-corrected chi connectivity index (χ4v) is 2.22. The molecule has 122 valence electrons. The van der Waals surface area contributed by atoms with E-state index >= 15 is 0 Å². The Labute approximate surface area is 143 Å². The summed E-state index contributed by atoms with van der Waals surface area (Å²) in [6.45, 7) is 3.31. The van der Waals surface area contributed by atoms with Crippen molar-refractivity contribution in [3.63, 3.8) is 0 Å². The number of thiocarbonyl (C=S) groups is 1. The van der Waals surface area contributed by atoms with Crippen LogP contribution in [0.1, 0.15) is 5.56 Å². The molecule has 2 rings (SSSR count). The van der Waals surface area contributed by atoms with Crippen LogP contribution >= 0.6 is 12.2 Å². The molecule has 2 aromatic carbocycles. The minimum absolute atomic E-state index is 0.554. The Morgan fingerprint density at radius 1 is 1.13 bits per heavy atom. The van der Waals surface area contributed by atoms with Crippen molar-refractivity contribution in [1.82, 2.24) is 4.90 Å². The number of likely N-dealkylation sites (N-methyl/N-ethyl adjacent to an activating group) is 1. The maximum atomic E-state index is 5.71. The second-order valence-corrected chi connectivity index (χ2v) is 5.63. The Kier molecular flexibility index (Phi) is 6.23. The molecule has 4 nitrogen and oxygen atoms in total. The average molecular weight is 330 g/mol. The van der Waals surface area contributed by atoms with Crippen LogP contribution in [0.4, 0.5) is 5.69 Å². The second kappa shape index (κ2) is 8.39. The van der Waals surface area contributed by atoms with Crippen molar-refractivity contribution < 1.29 is 9.47 Å². The van der Waals surface area contributed by atoms with E-state index in [4.69, 9.17) is 21.7 Å². The summed E-state index contributed by atoms with van der Waals surface area (Å²) in [7, 11) is 3.59. The predicted octanol–water partition coefficient (Wildman–Crippen LogP) is 3.71. The Bertz CT molecular complexity index is 644. The molecule has 1 N–H and O–H groups in total. The van der Waals surface area contributed by atoms with E-state index in [0.29, 0.717) is 18.3 Å². The Morgan fingerprint density at radius 3 is 2.48 bits per heavy atom. The fraction of sp³-hybridized carbons (Fsp3) is 0.278. The van der Waals surface area contributed by atoms with Crippen LogP contribution in [0.3, 0.4) is 0 Å². The van der Waals surface area contributed by atoms with E-state index in [2.05, 4.69) is 24.4 Å². The molecule has 0 spiro atoms. The highest BCUT2D eigenvalue weighted by Crippen LogP contribution is 2.17. The summed E-state index contributed by atoms with van der Waals surface area (Å²) < 4.78 is 10.8. The van der Waals surface area contributed by atoms with Crippen LogP contribution < -0.4 is 14.8 Å². The molecule has 0 heterocycles. The molecule has 2 aromatic rings. The van der Waals surface area contributed by atoms with Crippen LogP contribution in [0.15, 0.2) is 48.5 Å². The normalized spacial score (nSPS) is 10.0. The summed E-state index contributed by atoms with van der Waals surface area (Å²) in [5.41, 5.74) is 2.20. The van der Waals surface area contributed by atoms with E-state index in [-0.39, 0.29) is 0 Å². The SMILES string of the molecule is COc1ccc(OCCN(C)C(=S)Nc2cccc(C)c2)cc1. The van der Waals surface area contributed by atoms with Crippen LogP contribution in [0.5, 0.6) is 11.5 Å². The lowest BCUT2D eigenvalue weighted by Crippen LogP contribution is -2.34. The summed E-state index contributed by atoms with van der Waals surface area (Å²) in [4.78, 5) is 1.96. The van der Waals surface area contributed by atoms with Gasteiger partial charge in [0.15, 0.2) is 5.11 Å². The van der Waals surface area contributed by atoms with Crippen molar-refractivity contribution in [2.45, 2.75) is 6.92 Å². The second-order valence-electron chi connectivity index (χ2n) is 5.25. The standard InChI is InChI=1S/C18H22N2O2S/c1-14-5-4-6-15(13-14)19-18(23)20(2)11-12-22-17-9-7-16(21-3)8-10-17/h4-10,13H,11-12H2,1-3H3,(H,19,23). The van der Waals surface area contributed by atoms with Gasteiger partial charge in [0.25, 0.3) is 0 Å². The van der Waals surface area contributed by atoms with Gasteiger partial charge in [-0.2, -0.15) is 0 Å². The minimum Gasteiger partial charge on any atom is -0.497 e. The van der Waals surface area contributed by atoms with Gasteiger partial charge in [0, 0.05) is 12.7 Å². The van der Waals surface area contributed by atoms with Gasteiger partial charge in [0.1, 0.15) is 18.1 Å². The van der Waals surface area contributed by atoms with E-state index < -0.39 is 0 Å². The lowest BCUT2D eigenvalue weighted by atomic mass is 10.2. The van der Waals surface area contributed by atoms with E-state index in [1.807, 2.05) is 48.3 Å². The van der Waals surface area contributed by atoms with Crippen molar-refractivity contribution in [3.8, 4) is 11.5 Å². The van der Waals surface area contributed by atoms with E-state index in [1.165, 1.54) is 5.56 Å². The van der Waals surface area contributed by atoms with Crippen LogP contribution in [0.2, 0.25) is 0 Å². The monoisotopic (exact) mass is 330 g/mol. The lowest BCUT2D eigenvalue weighted by Gasteiger charge is -2.21. The van der Waals surface area contributed by atoms with Crippen LogP contribution in [0, 0.1) is 6.92 Å². The fourth-order valence-electron chi connectivity index (χ4n) is 2.02. The maximum Gasteiger partial charge on any atom is 0.173 e. The van der Waals surface area contributed by atoms with Crippen molar-refractivity contribution in [2.24, 2.45) is 0 Å². The molecule has 0 saturated heterocycles. The topological polar surface area (TPSA) is 33.7 Å².